The molecule has 0 atom stereocenters. The topological polar surface area (TPSA) is 51.8 Å². The quantitative estimate of drug-likeness (QED) is 0.818. The second kappa shape index (κ2) is 6.08. The third kappa shape index (κ3) is 3.48. The molecule has 2 aromatic rings. The third-order valence-electron chi connectivity index (χ3n) is 3.14. The summed E-state index contributed by atoms with van der Waals surface area (Å²) in [6.45, 7) is 8.48. The van der Waals surface area contributed by atoms with Crippen LogP contribution in [0, 0.1) is 17.4 Å². The van der Waals surface area contributed by atoms with Crippen LogP contribution in [0.2, 0.25) is 0 Å². The van der Waals surface area contributed by atoms with Crippen molar-refractivity contribution in [1.29, 1.82) is 0 Å². The zero-order valence-electron chi connectivity index (χ0n) is 12.4. The molecular weight excluding hydrogens is 361 g/mol. The summed E-state index contributed by atoms with van der Waals surface area (Å²) < 4.78 is 0.974. The number of nitrogens with zero attached hydrogens (tertiary/aromatic N) is 2. The summed E-state index contributed by atoms with van der Waals surface area (Å²) in [6, 6.07) is 6.53. The van der Waals surface area contributed by atoms with Crippen molar-refractivity contribution in [3.05, 3.63) is 50.0 Å². The summed E-state index contributed by atoms with van der Waals surface area (Å²) in [5.74, 6) is 1.74. The maximum atomic E-state index is 6.01. The Morgan fingerprint density at radius 2 is 1.70 bits per heavy atom. The van der Waals surface area contributed by atoms with Crippen LogP contribution >= 0.6 is 22.6 Å². The zero-order valence-corrected chi connectivity index (χ0v) is 14.5. The monoisotopic (exact) mass is 381 g/mol. The van der Waals surface area contributed by atoms with Crippen molar-refractivity contribution in [2.24, 2.45) is 0 Å². The SMILES string of the molecule is Cc1cc(C)cc(Cc2nc(N)c(I)c(C(C)C)n2)c1. The molecule has 1 aromatic heterocycles. The lowest BCUT2D eigenvalue weighted by Crippen LogP contribution is -2.09. The van der Waals surface area contributed by atoms with Crippen LogP contribution in [0.3, 0.4) is 0 Å². The van der Waals surface area contributed by atoms with Crippen LogP contribution in [0.25, 0.3) is 0 Å². The lowest BCUT2D eigenvalue weighted by atomic mass is 10.0. The van der Waals surface area contributed by atoms with E-state index in [9.17, 15) is 0 Å². The number of anilines is 1. The highest BCUT2D eigenvalue weighted by Gasteiger charge is 2.13. The summed E-state index contributed by atoms with van der Waals surface area (Å²) in [4.78, 5) is 9.12. The van der Waals surface area contributed by atoms with Crippen molar-refractivity contribution in [3.8, 4) is 0 Å². The molecule has 0 aliphatic rings. The molecule has 2 N–H and O–H groups in total. The highest BCUT2D eigenvalue weighted by molar-refractivity contribution is 14.1. The van der Waals surface area contributed by atoms with Crippen molar-refractivity contribution >= 4 is 28.4 Å². The van der Waals surface area contributed by atoms with E-state index in [4.69, 9.17) is 5.73 Å². The fourth-order valence-corrected chi connectivity index (χ4v) is 3.21. The van der Waals surface area contributed by atoms with E-state index in [1.54, 1.807) is 0 Å². The lowest BCUT2D eigenvalue weighted by molar-refractivity contribution is 0.785. The Hall–Kier alpha value is -1.17. The van der Waals surface area contributed by atoms with E-state index in [2.05, 4.69) is 78.5 Å². The van der Waals surface area contributed by atoms with Crippen molar-refractivity contribution in [1.82, 2.24) is 9.97 Å². The Balaban J connectivity index is 2.38. The first-order valence-corrected chi connectivity index (χ1v) is 7.83. The van der Waals surface area contributed by atoms with Crippen LogP contribution in [-0.4, -0.2) is 9.97 Å². The fourth-order valence-electron chi connectivity index (χ4n) is 2.35. The zero-order chi connectivity index (χ0) is 14.9. The van der Waals surface area contributed by atoms with Crippen LogP contribution in [-0.2, 0) is 6.42 Å². The molecular formula is C16H20IN3. The van der Waals surface area contributed by atoms with E-state index in [-0.39, 0.29) is 0 Å². The number of nitrogens with two attached hydrogens (primary N) is 1. The largest absolute Gasteiger partial charge is 0.383 e. The minimum atomic E-state index is 0.352. The van der Waals surface area contributed by atoms with Gasteiger partial charge in [0.05, 0.1) is 9.26 Å². The van der Waals surface area contributed by atoms with Gasteiger partial charge in [-0.2, -0.15) is 0 Å². The molecule has 4 heteroatoms. The molecule has 106 valence electrons. The molecule has 0 fully saturated rings. The van der Waals surface area contributed by atoms with Gasteiger partial charge in [0, 0.05) is 6.42 Å². The maximum Gasteiger partial charge on any atom is 0.140 e. The first-order valence-electron chi connectivity index (χ1n) is 6.75. The number of aryl methyl sites for hydroxylation is 2. The Morgan fingerprint density at radius 1 is 1.10 bits per heavy atom. The molecule has 3 nitrogen and oxygen atoms in total. The van der Waals surface area contributed by atoms with Gasteiger partial charge >= 0.3 is 0 Å². The predicted molar refractivity (Wildman–Crippen MR) is 92.0 cm³/mol. The lowest BCUT2D eigenvalue weighted by Gasteiger charge is -2.12. The van der Waals surface area contributed by atoms with Crippen molar-refractivity contribution < 1.29 is 0 Å². The number of aromatic nitrogens is 2. The van der Waals surface area contributed by atoms with Gasteiger partial charge in [-0.3, -0.25) is 0 Å². The number of hydrogen-bond donors (Lipinski definition) is 1. The summed E-state index contributed by atoms with van der Waals surface area (Å²) in [5.41, 5.74) is 10.8. The summed E-state index contributed by atoms with van der Waals surface area (Å²) in [6.07, 6.45) is 0.726. The predicted octanol–water partition coefficient (Wildman–Crippen LogP) is 3.99. The molecule has 2 rings (SSSR count). The standard InChI is InChI=1S/C16H20IN3/c1-9(2)15-14(17)16(18)20-13(19-15)8-12-6-10(3)5-11(4)7-12/h5-7,9H,8H2,1-4H3,(H2,18,19,20). The second-order valence-corrected chi connectivity index (χ2v) is 6.63. The van der Waals surface area contributed by atoms with Gasteiger partial charge in [0.1, 0.15) is 11.6 Å². The van der Waals surface area contributed by atoms with Crippen LogP contribution in [0.1, 0.15) is 48.0 Å². The van der Waals surface area contributed by atoms with Crippen molar-refractivity contribution in [2.75, 3.05) is 5.73 Å². The molecule has 1 aromatic carbocycles. The van der Waals surface area contributed by atoms with E-state index in [1.165, 1.54) is 16.7 Å². The Morgan fingerprint density at radius 3 is 2.25 bits per heavy atom. The Labute approximate surface area is 134 Å². The number of nitrogen functional groups attached to an aromatic ring is 1. The van der Waals surface area contributed by atoms with Gasteiger partial charge in [0.25, 0.3) is 0 Å². The van der Waals surface area contributed by atoms with E-state index in [0.717, 1.165) is 21.5 Å². The molecule has 0 bridgehead atoms. The van der Waals surface area contributed by atoms with Crippen LogP contribution in [0.15, 0.2) is 18.2 Å². The molecule has 0 saturated carbocycles. The summed E-state index contributed by atoms with van der Waals surface area (Å²) in [7, 11) is 0. The highest BCUT2D eigenvalue weighted by Crippen LogP contribution is 2.24. The molecule has 0 aliphatic heterocycles. The fraction of sp³-hybridized carbons (Fsp3) is 0.375. The van der Waals surface area contributed by atoms with Gasteiger partial charge in [-0.1, -0.05) is 43.2 Å². The number of rotatable bonds is 3. The number of halogens is 1. The van der Waals surface area contributed by atoms with Crippen LogP contribution < -0.4 is 5.73 Å². The smallest absolute Gasteiger partial charge is 0.140 e. The normalized spacial score (nSPS) is 11.1. The van der Waals surface area contributed by atoms with Gasteiger partial charge in [0.2, 0.25) is 0 Å². The van der Waals surface area contributed by atoms with E-state index < -0.39 is 0 Å². The first-order chi connectivity index (χ1) is 9.36. The highest BCUT2D eigenvalue weighted by atomic mass is 127. The minimum Gasteiger partial charge on any atom is -0.383 e. The van der Waals surface area contributed by atoms with Crippen molar-refractivity contribution in [3.63, 3.8) is 0 Å². The molecule has 20 heavy (non-hydrogen) atoms. The van der Waals surface area contributed by atoms with Gasteiger partial charge in [0.15, 0.2) is 0 Å². The van der Waals surface area contributed by atoms with Crippen molar-refractivity contribution in [2.45, 2.75) is 40.0 Å². The second-order valence-electron chi connectivity index (χ2n) is 5.55. The number of benzene rings is 1. The molecule has 0 saturated heterocycles. The van der Waals surface area contributed by atoms with Crippen LogP contribution in [0.4, 0.5) is 5.82 Å². The molecule has 1 heterocycles. The molecule has 0 aliphatic carbocycles. The Kier molecular flexibility index (Phi) is 4.62. The minimum absolute atomic E-state index is 0.352. The maximum absolute atomic E-state index is 6.01. The molecule has 0 unspecified atom stereocenters. The van der Waals surface area contributed by atoms with Gasteiger partial charge < -0.3 is 5.73 Å². The molecule has 0 spiro atoms. The summed E-state index contributed by atoms with van der Waals surface area (Å²) >= 11 is 2.23. The van der Waals surface area contributed by atoms with Gasteiger partial charge in [-0.05, 0) is 47.9 Å². The van der Waals surface area contributed by atoms with Gasteiger partial charge in [-0.25, -0.2) is 9.97 Å². The first kappa shape index (κ1) is 15.2. The molecule has 0 amide bonds. The third-order valence-corrected chi connectivity index (χ3v) is 4.24. The number of hydrogen-bond acceptors (Lipinski definition) is 3. The molecule has 0 radical (unpaired) electrons. The van der Waals surface area contributed by atoms with Gasteiger partial charge in [-0.15, -0.1) is 0 Å². The van der Waals surface area contributed by atoms with E-state index in [1.807, 2.05) is 0 Å². The van der Waals surface area contributed by atoms with E-state index >= 15 is 0 Å². The summed E-state index contributed by atoms with van der Waals surface area (Å²) in [5, 5.41) is 0. The Bertz CT molecular complexity index is 616. The average Bonchev–Trinajstić information content (AvgIpc) is 2.31. The average molecular weight is 381 g/mol. The van der Waals surface area contributed by atoms with Crippen LogP contribution in [0.5, 0.6) is 0 Å². The van der Waals surface area contributed by atoms with E-state index in [0.29, 0.717) is 11.7 Å².